The topological polar surface area (TPSA) is 56.5 Å². The molecule has 3 rings (SSSR count). The van der Waals surface area contributed by atoms with Crippen molar-refractivity contribution in [3.05, 3.63) is 65.2 Å². The van der Waals surface area contributed by atoms with Gasteiger partial charge >= 0.3 is 0 Å². The van der Waals surface area contributed by atoms with Gasteiger partial charge in [-0.25, -0.2) is 0 Å². The molecule has 0 fully saturated rings. The van der Waals surface area contributed by atoms with Crippen LogP contribution in [0.25, 0.3) is 0 Å². The normalized spacial score (nSPS) is 14.9. The molecule has 1 heterocycles. The van der Waals surface area contributed by atoms with Crippen LogP contribution in [-0.4, -0.2) is 11.7 Å². The van der Waals surface area contributed by atoms with Gasteiger partial charge in [0, 0.05) is 18.2 Å². The van der Waals surface area contributed by atoms with Gasteiger partial charge in [-0.05, 0) is 29.8 Å². The zero-order valence-electron chi connectivity index (χ0n) is 11.6. The SMILES string of the molecule is CC(=O)N=C1c2ccccc2CN1c1ccc(C#N)cc1. The summed E-state index contributed by atoms with van der Waals surface area (Å²) in [5.41, 5.74) is 3.66. The number of aliphatic imine (C=N–C) groups is 1. The highest BCUT2D eigenvalue weighted by molar-refractivity contribution is 6.16. The minimum absolute atomic E-state index is 0.222. The number of benzene rings is 2. The Bertz CT molecular complexity index is 769. The number of amides is 1. The van der Waals surface area contributed by atoms with Crippen LogP contribution in [0.5, 0.6) is 0 Å². The maximum atomic E-state index is 11.4. The summed E-state index contributed by atoms with van der Waals surface area (Å²) in [5.74, 6) is 0.447. The second-order valence-corrected chi connectivity index (χ2v) is 4.86. The van der Waals surface area contributed by atoms with Crippen molar-refractivity contribution < 1.29 is 4.79 Å². The summed E-state index contributed by atoms with van der Waals surface area (Å²) >= 11 is 0. The van der Waals surface area contributed by atoms with Gasteiger partial charge in [-0.15, -0.1) is 0 Å². The Balaban J connectivity index is 2.06. The van der Waals surface area contributed by atoms with Gasteiger partial charge in [0.1, 0.15) is 5.84 Å². The molecule has 1 aliphatic heterocycles. The van der Waals surface area contributed by atoms with E-state index in [1.165, 1.54) is 6.92 Å². The summed E-state index contributed by atoms with van der Waals surface area (Å²) in [5, 5.41) is 8.87. The van der Waals surface area contributed by atoms with E-state index in [1.54, 1.807) is 12.1 Å². The van der Waals surface area contributed by atoms with Crippen LogP contribution in [0.3, 0.4) is 0 Å². The number of fused-ring (bicyclic) bond motifs is 1. The first kappa shape index (κ1) is 13.1. The zero-order valence-corrected chi connectivity index (χ0v) is 11.6. The van der Waals surface area contributed by atoms with Crippen LogP contribution in [0.2, 0.25) is 0 Å². The molecule has 2 aromatic carbocycles. The molecule has 0 aliphatic carbocycles. The molecular formula is C17H13N3O. The largest absolute Gasteiger partial charge is 0.321 e. The van der Waals surface area contributed by atoms with Crippen molar-refractivity contribution in [2.75, 3.05) is 4.90 Å². The average molecular weight is 275 g/mol. The summed E-state index contributed by atoms with van der Waals surface area (Å²) < 4.78 is 0. The highest BCUT2D eigenvalue weighted by Crippen LogP contribution is 2.29. The van der Waals surface area contributed by atoms with Gasteiger partial charge in [-0.1, -0.05) is 24.3 Å². The first-order valence-electron chi connectivity index (χ1n) is 6.64. The van der Waals surface area contributed by atoms with Gasteiger partial charge in [0.05, 0.1) is 18.2 Å². The summed E-state index contributed by atoms with van der Waals surface area (Å²) in [7, 11) is 0. The van der Waals surface area contributed by atoms with Crippen LogP contribution >= 0.6 is 0 Å². The first-order chi connectivity index (χ1) is 10.2. The van der Waals surface area contributed by atoms with Crippen molar-refractivity contribution in [3.63, 3.8) is 0 Å². The number of carbonyl (C=O) groups excluding carboxylic acids is 1. The summed E-state index contributed by atoms with van der Waals surface area (Å²) in [6.45, 7) is 2.12. The monoisotopic (exact) mass is 275 g/mol. The molecule has 1 aliphatic rings. The number of carbonyl (C=O) groups is 1. The highest BCUT2D eigenvalue weighted by Gasteiger charge is 2.26. The van der Waals surface area contributed by atoms with E-state index in [9.17, 15) is 4.79 Å². The van der Waals surface area contributed by atoms with E-state index >= 15 is 0 Å². The molecule has 0 bridgehead atoms. The van der Waals surface area contributed by atoms with Crippen molar-refractivity contribution in [2.24, 2.45) is 4.99 Å². The lowest BCUT2D eigenvalue weighted by Crippen LogP contribution is -2.25. The van der Waals surface area contributed by atoms with Gasteiger partial charge in [0.15, 0.2) is 0 Å². The van der Waals surface area contributed by atoms with Gasteiger partial charge in [-0.3, -0.25) is 4.79 Å². The van der Waals surface area contributed by atoms with E-state index in [0.29, 0.717) is 17.9 Å². The number of nitriles is 1. The van der Waals surface area contributed by atoms with Crippen LogP contribution in [0, 0.1) is 11.3 Å². The summed E-state index contributed by atoms with van der Waals surface area (Å²) in [6.07, 6.45) is 0. The Morgan fingerprint density at radius 1 is 1.19 bits per heavy atom. The minimum atomic E-state index is -0.222. The maximum Gasteiger partial charge on any atom is 0.244 e. The van der Waals surface area contributed by atoms with E-state index in [2.05, 4.69) is 11.1 Å². The van der Waals surface area contributed by atoms with E-state index in [1.807, 2.05) is 41.3 Å². The molecule has 0 saturated heterocycles. The third-order valence-electron chi connectivity index (χ3n) is 3.41. The second-order valence-electron chi connectivity index (χ2n) is 4.86. The predicted octanol–water partition coefficient (Wildman–Crippen LogP) is 2.87. The Hall–Kier alpha value is -2.93. The number of amidine groups is 1. The number of hydrogen-bond donors (Lipinski definition) is 0. The molecule has 0 spiro atoms. The van der Waals surface area contributed by atoms with E-state index in [0.717, 1.165) is 16.8 Å². The lowest BCUT2D eigenvalue weighted by molar-refractivity contribution is -0.115. The Morgan fingerprint density at radius 2 is 1.90 bits per heavy atom. The standard InChI is InChI=1S/C17H13N3O/c1-12(21)19-17-16-5-3-2-4-14(16)11-20(17)15-8-6-13(10-18)7-9-15/h2-9H,11H2,1H3. The minimum Gasteiger partial charge on any atom is -0.321 e. The van der Waals surface area contributed by atoms with Gasteiger partial charge in [0.25, 0.3) is 0 Å². The quantitative estimate of drug-likeness (QED) is 0.804. The second kappa shape index (κ2) is 5.22. The van der Waals surface area contributed by atoms with E-state index in [-0.39, 0.29) is 5.91 Å². The number of rotatable bonds is 1. The van der Waals surface area contributed by atoms with Crippen molar-refractivity contribution in [2.45, 2.75) is 13.5 Å². The molecule has 0 saturated carbocycles. The van der Waals surface area contributed by atoms with Crippen molar-refractivity contribution >= 4 is 17.4 Å². The van der Waals surface area contributed by atoms with Crippen LogP contribution in [-0.2, 0) is 11.3 Å². The predicted molar refractivity (Wildman–Crippen MR) is 81.0 cm³/mol. The number of nitrogens with zero attached hydrogens (tertiary/aromatic N) is 3. The average Bonchev–Trinajstić information content (AvgIpc) is 2.86. The Morgan fingerprint density at radius 3 is 2.57 bits per heavy atom. The van der Waals surface area contributed by atoms with E-state index in [4.69, 9.17) is 5.26 Å². The van der Waals surface area contributed by atoms with Crippen molar-refractivity contribution in [3.8, 4) is 6.07 Å². The molecule has 0 unspecified atom stereocenters. The maximum absolute atomic E-state index is 11.4. The van der Waals surface area contributed by atoms with Crippen LogP contribution in [0.4, 0.5) is 5.69 Å². The van der Waals surface area contributed by atoms with Crippen LogP contribution in [0.15, 0.2) is 53.5 Å². The summed E-state index contributed by atoms with van der Waals surface area (Å²) in [6, 6.07) is 17.3. The molecular weight excluding hydrogens is 262 g/mol. The fraction of sp³-hybridized carbons (Fsp3) is 0.118. The third-order valence-corrected chi connectivity index (χ3v) is 3.41. The third kappa shape index (κ3) is 2.41. The van der Waals surface area contributed by atoms with Crippen LogP contribution in [0.1, 0.15) is 23.6 Å². The molecule has 0 radical (unpaired) electrons. The molecule has 4 nitrogen and oxygen atoms in total. The molecule has 2 aromatic rings. The molecule has 4 heteroatoms. The summed E-state index contributed by atoms with van der Waals surface area (Å²) in [4.78, 5) is 17.6. The smallest absolute Gasteiger partial charge is 0.244 e. The Kier molecular flexibility index (Phi) is 3.25. The van der Waals surface area contributed by atoms with Gasteiger partial charge in [-0.2, -0.15) is 10.3 Å². The Labute approximate surface area is 123 Å². The van der Waals surface area contributed by atoms with E-state index < -0.39 is 0 Å². The van der Waals surface area contributed by atoms with Gasteiger partial charge < -0.3 is 4.90 Å². The lowest BCUT2D eigenvalue weighted by atomic mass is 10.1. The van der Waals surface area contributed by atoms with Crippen LogP contribution < -0.4 is 4.90 Å². The van der Waals surface area contributed by atoms with Crippen molar-refractivity contribution in [1.29, 1.82) is 5.26 Å². The van der Waals surface area contributed by atoms with Gasteiger partial charge in [0.2, 0.25) is 5.91 Å². The fourth-order valence-electron chi connectivity index (χ4n) is 2.47. The number of hydrogen-bond acceptors (Lipinski definition) is 2. The highest BCUT2D eigenvalue weighted by atomic mass is 16.1. The first-order valence-corrected chi connectivity index (χ1v) is 6.64. The van der Waals surface area contributed by atoms with Crippen molar-refractivity contribution in [1.82, 2.24) is 0 Å². The molecule has 0 atom stereocenters. The molecule has 1 amide bonds. The number of anilines is 1. The fourth-order valence-corrected chi connectivity index (χ4v) is 2.47. The molecule has 0 N–H and O–H groups in total. The molecule has 0 aromatic heterocycles. The molecule has 102 valence electrons. The zero-order chi connectivity index (χ0) is 14.8. The lowest BCUT2D eigenvalue weighted by Gasteiger charge is -2.19. The molecule has 21 heavy (non-hydrogen) atoms.